The van der Waals surface area contributed by atoms with Gasteiger partial charge in [0.2, 0.25) is 5.91 Å². The number of aryl methyl sites for hydroxylation is 1. The number of piperidine rings is 1. The highest BCUT2D eigenvalue weighted by Gasteiger charge is 2.28. The molecule has 0 radical (unpaired) electrons. The van der Waals surface area contributed by atoms with Crippen molar-refractivity contribution < 1.29 is 9.53 Å². The monoisotopic (exact) mass is 318 g/mol. The fourth-order valence-corrected chi connectivity index (χ4v) is 3.41. The van der Waals surface area contributed by atoms with Crippen molar-refractivity contribution in [2.75, 3.05) is 5.73 Å². The highest BCUT2D eigenvalue weighted by Crippen LogP contribution is 2.26. The van der Waals surface area contributed by atoms with Crippen LogP contribution in [0.4, 0.5) is 5.69 Å². The van der Waals surface area contributed by atoms with Gasteiger partial charge in [0.25, 0.3) is 0 Å². The van der Waals surface area contributed by atoms with E-state index in [1.165, 1.54) is 6.42 Å². The maximum Gasteiger partial charge on any atom is 0.223 e. The minimum atomic E-state index is 0.104. The van der Waals surface area contributed by atoms with Crippen LogP contribution in [-0.2, 0) is 11.2 Å². The first-order valence-corrected chi connectivity index (χ1v) is 8.74. The third-order valence-electron chi connectivity index (χ3n) is 4.55. The third-order valence-corrected chi connectivity index (χ3v) is 4.55. The lowest BCUT2D eigenvalue weighted by Gasteiger charge is -2.39. The molecule has 23 heavy (non-hydrogen) atoms. The third kappa shape index (κ3) is 4.63. The van der Waals surface area contributed by atoms with Crippen molar-refractivity contribution in [3.05, 3.63) is 23.8 Å². The Bertz CT molecular complexity index is 532. The molecule has 128 valence electrons. The van der Waals surface area contributed by atoms with Crippen LogP contribution in [0, 0.1) is 0 Å². The first-order chi connectivity index (χ1) is 10.9. The molecule has 1 aromatic rings. The lowest BCUT2D eigenvalue weighted by atomic mass is 9.96. The molecule has 0 bridgehead atoms. The number of carbonyl (C=O) groups is 1. The van der Waals surface area contributed by atoms with E-state index in [0.717, 1.165) is 24.8 Å². The zero-order valence-corrected chi connectivity index (χ0v) is 14.8. The molecule has 0 saturated carbocycles. The smallest absolute Gasteiger partial charge is 0.223 e. The molecule has 2 rings (SSSR count). The first kappa shape index (κ1) is 17.6. The summed E-state index contributed by atoms with van der Waals surface area (Å²) in [6.45, 7) is 8.27. The molecule has 1 heterocycles. The Morgan fingerprint density at radius 1 is 1.30 bits per heavy atom. The quantitative estimate of drug-likeness (QED) is 0.841. The van der Waals surface area contributed by atoms with E-state index in [4.69, 9.17) is 10.5 Å². The molecule has 1 amide bonds. The van der Waals surface area contributed by atoms with Gasteiger partial charge in [-0.1, -0.05) is 6.07 Å². The molecule has 1 aliphatic rings. The number of anilines is 1. The van der Waals surface area contributed by atoms with Crippen molar-refractivity contribution in [1.82, 2.24) is 4.90 Å². The lowest BCUT2D eigenvalue weighted by molar-refractivity contribution is -0.137. The molecule has 1 saturated heterocycles. The number of carbonyl (C=O) groups excluding carboxylic acids is 1. The molecule has 0 aliphatic carbocycles. The number of nitrogen functional groups attached to an aromatic ring is 1. The average Bonchev–Trinajstić information content (AvgIpc) is 2.47. The van der Waals surface area contributed by atoms with Crippen LogP contribution in [0.3, 0.4) is 0 Å². The Hall–Kier alpha value is -1.71. The highest BCUT2D eigenvalue weighted by atomic mass is 16.5. The largest absolute Gasteiger partial charge is 0.489 e. The van der Waals surface area contributed by atoms with Crippen LogP contribution >= 0.6 is 0 Å². The Labute approximate surface area is 140 Å². The van der Waals surface area contributed by atoms with Gasteiger partial charge in [0.05, 0.1) is 11.8 Å². The second-order valence-electron chi connectivity index (χ2n) is 6.97. The zero-order valence-electron chi connectivity index (χ0n) is 14.8. The van der Waals surface area contributed by atoms with Gasteiger partial charge in [-0.25, -0.2) is 0 Å². The second kappa shape index (κ2) is 7.71. The molecule has 0 spiro atoms. The molecule has 0 aromatic heterocycles. The Balaban J connectivity index is 1.95. The number of benzene rings is 1. The summed E-state index contributed by atoms with van der Waals surface area (Å²) in [6, 6.07) is 6.55. The van der Waals surface area contributed by atoms with Gasteiger partial charge >= 0.3 is 0 Å². The van der Waals surface area contributed by atoms with Gasteiger partial charge in [-0.2, -0.15) is 0 Å². The van der Waals surface area contributed by atoms with E-state index >= 15 is 0 Å². The molecular weight excluding hydrogens is 288 g/mol. The Morgan fingerprint density at radius 2 is 1.96 bits per heavy atom. The van der Waals surface area contributed by atoms with Crippen molar-refractivity contribution in [2.45, 2.75) is 78.0 Å². The van der Waals surface area contributed by atoms with Gasteiger partial charge < -0.3 is 15.4 Å². The minimum absolute atomic E-state index is 0.104. The van der Waals surface area contributed by atoms with Gasteiger partial charge in [0.1, 0.15) is 5.75 Å². The van der Waals surface area contributed by atoms with Crippen LogP contribution in [0.15, 0.2) is 18.2 Å². The van der Waals surface area contributed by atoms with Crippen molar-refractivity contribution in [3.8, 4) is 5.75 Å². The van der Waals surface area contributed by atoms with E-state index in [1.54, 1.807) is 0 Å². The summed E-state index contributed by atoms with van der Waals surface area (Å²) in [5.74, 6) is 0.971. The molecule has 2 unspecified atom stereocenters. The van der Waals surface area contributed by atoms with E-state index in [1.807, 2.05) is 32.0 Å². The molecule has 2 N–H and O–H groups in total. The van der Waals surface area contributed by atoms with Crippen LogP contribution in [-0.4, -0.2) is 29.0 Å². The predicted molar refractivity (Wildman–Crippen MR) is 94.6 cm³/mol. The number of hydrogen-bond donors (Lipinski definition) is 1. The van der Waals surface area contributed by atoms with Gasteiger partial charge in [-0.05, 0) is 71.1 Å². The van der Waals surface area contributed by atoms with Crippen molar-refractivity contribution in [2.24, 2.45) is 0 Å². The molecule has 4 heteroatoms. The molecule has 4 nitrogen and oxygen atoms in total. The van der Waals surface area contributed by atoms with Crippen molar-refractivity contribution >= 4 is 11.6 Å². The number of nitrogens with two attached hydrogens (primary N) is 1. The SMILES string of the molecule is CC(C)Oc1ccc(CCC(=O)N2C(C)CCCC2C)cc1N. The maximum absolute atomic E-state index is 12.6. The molecule has 2 atom stereocenters. The van der Waals surface area contributed by atoms with Gasteiger partial charge in [-0.15, -0.1) is 0 Å². The molecule has 1 aromatic carbocycles. The Kier molecular flexibility index (Phi) is 5.91. The van der Waals surface area contributed by atoms with E-state index < -0.39 is 0 Å². The minimum Gasteiger partial charge on any atom is -0.489 e. The topological polar surface area (TPSA) is 55.6 Å². The van der Waals surface area contributed by atoms with E-state index in [0.29, 0.717) is 29.9 Å². The molecular formula is C19H30N2O2. The van der Waals surface area contributed by atoms with Gasteiger partial charge in [-0.3, -0.25) is 4.79 Å². The standard InChI is InChI=1S/C19H30N2O2/c1-13(2)23-18-10-8-16(12-17(18)20)9-11-19(22)21-14(3)6-5-7-15(21)4/h8,10,12-15H,5-7,9,11,20H2,1-4H3. The average molecular weight is 318 g/mol. The van der Waals surface area contributed by atoms with Crippen LogP contribution in [0.5, 0.6) is 5.75 Å². The maximum atomic E-state index is 12.6. The fraction of sp³-hybridized carbons (Fsp3) is 0.632. The van der Waals surface area contributed by atoms with E-state index in [2.05, 4.69) is 18.7 Å². The van der Waals surface area contributed by atoms with Gasteiger partial charge in [0, 0.05) is 18.5 Å². The lowest BCUT2D eigenvalue weighted by Crippen LogP contribution is -2.47. The van der Waals surface area contributed by atoms with E-state index in [9.17, 15) is 4.79 Å². The molecule has 1 fully saturated rings. The number of rotatable bonds is 5. The van der Waals surface area contributed by atoms with Crippen molar-refractivity contribution in [1.29, 1.82) is 0 Å². The number of nitrogens with zero attached hydrogens (tertiary/aromatic N) is 1. The van der Waals surface area contributed by atoms with Crippen molar-refractivity contribution in [3.63, 3.8) is 0 Å². The number of likely N-dealkylation sites (tertiary alicyclic amines) is 1. The van der Waals surface area contributed by atoms with Crippen LogP contribution in [0.25, 0.3) is 0 Å². The summed E-state index contributed by atoms with van der Waals surface area (Å²) in [7, 11) is 0. The first-order valence-electron chi connectivity index (χ1n) is 8.74. The van der Waals surface area contributed by atoms with E-state index in [-0.39, 0.29) is 12.0 Å². The van der Waals surface area contributed by atoms with Crippen LogP contribution in [0.1, 0.15) is 58.9 Å². The second-order valence-corrected chi connectivity index (χ2v) is 6.97. The summed E-state index contributed by atoms with van der Waals surface area (Å²) < 4.78 is 5.65. The number of amides is 1. The highest BCUT2D eigenvalue weighted by molar-refractivity contribution is 5.77. The normalized spacial score (nSPS) is 21.5. The predicted octanol–water partition coefficient (Wildman–Crippen LogP) is 3.78. The Morgan fingerprint density at radius 3 is 2.52 bits per heavy atom. The number of hydrogen-bond acceptors (Lipinski definition) is 3. The van der Waals surface area contributed by atoms with Crippen LogP contribution < -0.4 is 10.5 Å². The summed E-state index contributed by atoms with van der Waals surface area (Å²) in [5, 5.41) is 0. The fourth-order valence-electron chi connectivity index (χ4n) is 3.41. The number of ether oxygens (including phenoxy) is 1. The summed E-state index contributed by atoms with van der Waals surface area (Å²) in [4.78, 5) is 14.6. The molecule has 1 aliphatic heterocycles. The van der Waals surface area contributed by atoms with Gasteiger partial charge in [0.15, 0.2) is 0 Å². The summed E-state index contributed by atoms with van der Waals surface area (Å²) >= 11 is 0. The van der Waals surface area contributed by atoms with Crippen LogP contribution in [0.2, 0.25) is 0 Å². The zero-order chi connectivity index (χ0) is 17.0. The summed E-state index contributed by atoms with van der Waals surface area (Å²) in [6.07, 6.45) is 4.82. The summed E-state index contributed by atoms with van der Waals surface area (Å²) in [5.41, 5.74) is 7.77.